The number of rotatable bonds is 7. The number of hydrogen-bond donors (Lipinski definition) is 2. The summed E-state index contributed by atoms with van der Waals surface area (Å²) in [4.78, 5) is 10.0. The molecule has 0 aliphatic carbocycles. The molecular formula is C8H17NO2. The molecule has 3 nitrogen and oxygen atoms in total. The molecule has 0 fully saturated rings. The normalized spacial score (nSPS) is 9.91. The first-order valence-electron chi connectivity index (χ1n) is 4.20. The van der Waals surface area contributed by atoms with Crippen LogP contribution < -0.4 is 5.32 Å². The summed E-state index contributed by atoms with van der Waals surface area (Å²) >= 11 is 0. The topological polar surface area (TPSA) is 49.3 Å². The second-order valence-electron chi connectivity index (χ2n) is 2.60. The van der Waals surface area contributed by atoms with Crippen molar-refractivity contribution in [3.05, 3.63) is 0 Å². The van der Waals surface area contributed by atoms with E-state index in [1.165, 1.54) is 12.8 Å². The summed E-state index contributed by atoms with van der Waals surface area (Å²) in [5.74, 6) is -0.729. The first-order valence-corrected chi connectivity index (χ1v) is 4.20. The summed E-state index contributed by atoms with van der Waals surface area (Å²) in [7, 11) is 0. The maximum atomic E-state index is 10.0. The van der Waals surface area contributed by atoms with Gasteiger partial charge in [-0.1, -0.05) is 19.8 Å². The van der Waals surface area contributed by atoms with Crippen LogP contribution in [0.15, 0.2) is 0 Å². The Balaban J connectivity index is 2.85. The van der Waals surface area contributed by atoms with Crippen LogP contribution in [0.4, 0.5) is 0 Å². The predicted octanol–water partition coefficient (Wildman–Crippen LogP) is 1.24. The maximum absolute atomic E-state index is 10.0. The van der Waals surface area contributed by atoms with Crippen LogP contribution in [0.3, 0.4) is 0 Å². The number of aliphatic carboxylic acids is 1. The summed E-state index contributed by atoms with van der Waals surface area (Å²) in [6.45, 7) is 3.69. The van der Waals surface area contributed by atoms with E-state index in [1.807, 2.05) is 0 Å². The third kappa shape index (κ3) is 9.43. The summed E-state index contributed by atoms with van der Waals surface area (Å²) in [5, 5.41) is 11.3. The summed E-state index contributed by atoms with van der Waals surface area (Å²) < 4.78 is 0. The Kier molecular flexibility index (Phi) is 7.15. The zero-order chi connectivity index (χ0) is 8.53. The van der Waals surface area contributed by atoms with E-state index in [1.54, 1.807) is 0 Å². The Morgan fingerprint density at radius 2 is 2.09 bits per heavy atom. The Bertz CT molecular complexity index is 104. The van der Waals surface area contributed by atoms with Crippen LogP contribution in [-0.4, -0.2) is 24.2 Å². The van der Waals surface area contributed by atoms with E-state index in [-0.39, 0.29) is 6.42 Å². The van der Waals surface area contributed by atoms with Crippen LogP contribution in [0.2, 0.25) is 0 Å². The number of carbonyl (C=O) groups is 1. The second kappa shape index (κ2) is 7.54. The van der Waals surface area contributed by atoms with Gasteiger partial charge in [0.2, 0.25) is 0 Å². The third-order valence-corrected chi connectivity index (χ3v) is 1.47. The number of carboxylic acid groups (broad SMARTS) is 1. The first-order chi connectivity index (χ1) is 5.27. The van der Waals surface area contributed by atoms with Crippen LogP contribution in [0.25, 0.3) is 0 Å². The molecule has 0 bridgehead atoms. The Morgan fingerprint density at radius 1 is 1.36 bits per heavy atom. The Hall–Kier alpha value is -0.570. The van der Waals surface area contributed by atoms with Gasteiger partial charge in [0.25, 0.3) is 0 Å². The second-order valence-corrected chi connectivity index (χ2v) is 2.60. The van der Waals surface area contributed by atoms with Crippen molar-refractivity contribution in [3.8, 4) is 0 Å². The van der Waals surface area contributed by atoms with Crippen molar-refractivity contribution in [3.63, 3.8) is 0 Å². The average molecular weight is 159 g/mol. The molecule has 0 saturated carbocycles. The number of carboxylic acids is 1. The molecule has 0 amide bonds. The predicted molar refractivity (Wildman–Crippen MR) is 44.6 cm³/mol. The van der Waals surface area contributed by atoms with Gasteiger partial charge in [0.05, 0.1) is 6.42 Å². The molecule has 0 radical (unpaired) electrons. The molecular weight excluding hydrogens is 142 g/mol. The standard InChI is InChI=1S/C8H17NO2/c1-2-3-4-6-9-7-5-8(10)11/h9H,2-7H2,1H3,(H,10,11). The maximum Gasteiger partial charge on any atom is 0.304 e. The van der Waals surface area contributed by atoms with Crippen LogP contribution in [0.1, 0.15) is 32.6 Å². The highest BCUT2D eigenvalue weighted by Crippen LogP contribution is 1.90. The lowest BCUT2D eigenvalue weighted by Gasteiger charge is -2.00. The van der Waals surface area contributed by atoms with Crippen molar-refractivity contribution < 1.29 is 9.90 Å². The van der Waals surface area contributed by atoms with Gasteiger partial charge in [-0.25, -0.2) is 0 Å². The SMILES string of the molecule is CCCCCNCCC(=O)O. The molecule has 2 N–H and O–H groups in total. The van der Waals surface area contributed by atoms with Crippen molar-refractivity contribution in [1.29, 1.82) is 0 Å². The van der Waals surface area contributed by atoms with E-state index >= 15 is 0 Å². The quantitative estimate of drug-likeness (QED) is 0.549. The molecule has 0 rings (SSSR count). The van der Waals surface area contributed by atoms with Gasteiger partial charge >= 0.3 is 5.97 Å². The summed E-state index contributed by atoms with van der Waals surface area (Å²) in [6, 6.07) is 0. The van der Waals surface area contributed by atoms with Crippen molar-refractivity contribution in [2.45, 2.75) is 32.6 Å². The highest BCUT2D eigenvalue weighted by molar-refractivity contribution is 5.66. The molecule has 0 spiro atoms. The fourth-order valence-electron chi connectivity index (χ4n) is 0.820. The lowest BCUT2D eigenvalue weighted by molar-refractivity contribution is -0.136. The molecule has 0 unspecified atom stereocenters. The molecule has 0 aliphatic rings. The van der Waals surface area contributed by atoms with Crippen LogP contribution in [0, 0.1) is 0 Å². The Labute approximate surface area is 67.8 Å². The van der Waals surface area contributed by atoms with Gasteiger partial charge in [-0.05, 0) is 13.0 Å². The minimum absolute atomic E-state index is 0.228. The van der Waals surface area contributed by atoms with E-state index in [0.29, 0.717) is 6.54 Å². The minimum Gasteiger partial charge on any atom is -0.481 e. The van der Waals surface area contributed by atoms with Crippen molar-refractivity contribution in [2.24, 2.45) is 0 Å². The number of unbranched alkanes of at least 4 members (excludes halogenated alkanes) is 2. The highest BCUT2D eigenvalue weighted by Gasteiger charge is 1.93. The van der Waals surface area contributed by atoms with Gasteiger partial charge in [0, 0.05) is 6.54 Å². The first kappa shape index (κ1) is 10.4. The van der Waals surface area contributed by atoms with Crippen LogP contribution in [-0.2, 0) is 4.79 Å². The fraction of sp³-hybridized carbons (Fsp3) is 0.875. The number of nitrogens with one attached hydrogen (secondary N) is 1. The lowest BCUT2D eigenvalue weighted by atomic mass is 10.2. The zero-order valence-corrected chi connectivity index (χ0v) is 7.10. The molecule has 0 aromatic rings. The van der Waals surface area contributed by atoms with Gasteiger partial charge in [0.15, 0.2) is 0 Å². The average Bonchev–Trinajstić information content (AvgIpc) is 1.96. The number of hydrogen-bond acceptors (Lipinski definition) is 2. The highest BCUT2D eigenvalue weighted by atomic mass is 16.4. The van der Waals surface area contributed by atoms with Crippen molar-refractivity contribution in [2.75, 3.05) is 13.1 Å². The van der Waals surface area contributed by atoms with Crippen molar-refractivity contribution in [1.82, 2.24) is 5.32 Å². The molecule has 0 heterocycles. The van der Waals surface area contributed by atoms with Gasteiger partial charge in [0.1, 0.15) is 0 Å². The smallest absolute Gasteiger partial charge is 0.304 e. The minimum atomic E-state index is -0.729. The van der Waals surface area contributed by atoms with Gasteiger partial charge in [-0.2, -0.15) is 0 Å². The largest absolute Gasteiger partial charge is 0.481 e. The summed E-state index contributed by atoms with van der Waals surface area (Å²) in [6.07, 6.45) is 3.81. The van der Waals surface area contributed by atoms with Gasteiger partial charge in [-0.15, -0.1) is 0 Å². The van der Waals surface area contributed by atoms with E-state index in [0.717, 1.165) is 13.0 Å². The van der Waals surface area contributed by atoms with Crippen molar-refractivity contribution >= 4 is 5.97 Å². The van der Waals surface area contributed by atoms with Gasteiger partial charge < -0.3 is 10.4 Å². The molecule has 3 heteroatoms. The third-order valence-electron chi connectivity index (χ3n) is 1.47. The molecule has 0 aromatic heterocycles. The monoisotopic (exact) mass is 159 g/mol. The van der Waals surface area contributed by atoms with E-state index in [4.69, 9.17) is 5.11 Å². The molecule has 0 aliphatic heterocycles. The van der Waals surface area contributed by atoms with Crippen LogP contribution in [0.5, 0.6) is 0 Å². The zero-order valence-electron chi connectivity index (χ0n) is 7.10. The van der Waals surface area contributed by atoms with E-state index in [2.05, 4.69) is 12.2 Å². The molecule has 0 saturated heterocycles. The van der Waals surface area contributed by atoms with Gasteiger partial charge in [-0.3, -0.25) is 4.79 Å². The van der Waals surface area contributed by atoms with Crippen LogP contribution >= 0.6 is 0 Å². The lowest BCUT2D eigenvalue weighted by Crippen LogP contribution is -2.19. The Morgan fingerprint density at radius 3 is 2.64 bits per heavy atom. The summed E-state index contributed by atoms with van der Waals surface area (Å²) in [5.41, 5.74) is 0. The molecule has 0 aromatic carbocycles. The molecule has 66 valence electrons. The fourth-order valence-corrected chi connectivity index (χ4v) is 0.820. The molecule has 0 atom stereocenters. The van der Waals surface area contributed by atoms with E-state index in [9.17, 15) is 4.79 Å². The van der Waals surface area contributed by atoms with E-state index < -0.39 is 5.97 Å². The molecule has 11 heavy (non-hydrogen) atoms.